The van der Waals surface area contributed by atoms with Gasteiger partial charge in [0.25, 0.3) is 0 Å². The van der Waals surface area contributed by atoms with Crippen molar-refractivity contribution in [2.75, 3.05) is 0 Å². The first-order chi connectivity index (χ1) is 11.3. The van der Waals surface area contributed by atoms with Crippen LogP contribution < -0.4 is 5.46 Å². The van der Waals surface area contributed by atoms with Crippen LogP contribution >= 0.6 is 0 Å². The van der Waals surface area contributed by atoms with E-state index in [4.69, 9.17) is 7.85 Å². The van der Waals surface area contributed by atoms with Gasteiger partial charge in [0.2, 0.25) is 0 Å². The van der Waals surface area contributed by atoms with Crippen LogP contribution in [0.1, 0.15) is 22.3 Å². The molecule has 3 aromatic rings. The largest absolute Gasteiger partial charge is 0.114 e. The lowest BCUT2D eigenvalue weighted by atomic mass is 9.88. The van der Waals surface area contributed by atoms with Gasteiger partial charge in [-0.25, -0.2) is 0 Å². The molecule has 0 aromatic heterocycles. The quantitative estimate of drug-likeness (QED) is 0.477. The summed E-state index contributed by atoms with van der Waals surface area (Å²) in [6.45, 7) is 0. The maximum Gasteiger partial charge on any atom is 0.114 e. The van der Waals surface area contributed by atoms with Gasteiger partial charge >= 0.3 is 0 Å². The fourth-order valence-corrected chi connectivity index (χ4v) is 2.36. The van der Waals surface area contributed by atoms with Crippen molar-refractivity contribution in [3.63, 3.8) is 0 Å². The average Bonchev–Trinajstić information content (AvgIpc) is 2.61. The number of rotatable bonds is 4. The predicted molar refractivity (Wildman–Crippen MR) is 103 cm³/mol. The predicted octanol–water partition coefficient (Wildman–Crippen LogP) is 4.82. The van der Waals surface area contributed by atoms with Gasteiger partial charge in [0.15, 0.2) is 0 Å². The van der Waals surface area contributed by atoms with E-state index in [1.165, 1.54) is 11.1 Å². The van der Waals surface area contributed by atoms with Crippen molar-refractivity contribution in [1.82, 2.24) is 0 Å². The zero-order valence-electron chi connectivity index (χ0n) is 12.9. The minimum absolute atomic E-state index is 0.785. The Labute approximate surface area is 139 Å². The number of hydrogen-bond acceptors (Lipinski definition) is 0. The van der Waals surface area contributed by atoms with Crippen LogP contribution in [0.2, 0.25) is 0 Å². The van der Waals surface area contributed by atoms with Gasteiger partial charge in [-0.15, -0.1) is 0 Å². The van der Waals surface area contributed by atoms with Gasteiger partial charge in [0, 0.05) is 0 Å². The van der Waals surface area contributed by atoms with Gasteiger partial charge in [-0.05, 0) is 22.3 Å². The molecular formula is C22H17B. The van der Waals surface area contributed by atoms with Crippen LogP contribution in [0.3, 0.4) is 0 Å². The zero-order valence-corrected chi connectivity index (χ0v) is 12.9. The van der Waals surface area contributed by atoms with Gasteiger partial charge in [-0.2, -0.15) is 0 Å². The smallest absolute Gasteiger partial charge is 0.0890 e. The summed E-state index contributed by atoms with van der Waals surface area (Å²) in [6.07, 6.45) is 8.30. The molecule has 0 bridgehead atoms. The van der Waals surface area contributed by atoms with E-state index in [2.05, 4.69) is 60.7 Å². The van der Waals surface area contributed by atoms with E-state index in [9.17, 15) is 0 Å². The van der Waals surface area contributed by atoms with Gasteiger partial charge in [0.05, 0.1) is 0 Å². The fourth-order valence-electron chi connectivity index (χ4n) is 2.36. The highest BCUT2D eigenvalue weighted by Crippen LogP contribution is 2.10. The lowest BCUT2D eigenvalue weighted by molar-refractivity contribution is 1.64. The van der Waals surface area contributed by atoms with E-state index in [0.29, 0.717) is 0 Å². The number of hydrogen-bond donors (Lipinski definition) is 0. The van der Waals surface area contributed by atoms with E-state index in [-0.39, 0.29) is 0 Å². The maximum absolute atomic E-state index is 6.17. The van der Waals surface area contributed by atoms with E-state index >= 15 is 0 Å². The molecule has 0 atom stereocenters. The molecule has 0 aliphatic carbocycles. The summed E-state index contributed by atoms with van der Waals surface area (Å²) in [5.74, 6) is 0. The van der Waals surface area contributed by atoms with Crippen LogP contribution in [0.5, 0.6) is 0 Å². The average molecular weight is 292 g/mol. The molecule has 0 fully saturated rings. The van der Waals surface area contributed by atoms with Crippen molar-refractivity contribution >= 4 is 37.6 Å². The third-order valence-corrected chi connectivity index (χ3v) is 3.63. The van der Waals surface area contributed by atoms with Crippen molar-refractivity contribution in [2.24, 2.45) is 0 Å². The van der Waals surface area contributed by atoms with Gasteiger partial charge in [0.1, 0.15) is 7.85 Å². The SMILES string of the molecule is [B]c1cc(/C=C/c2ccccc2)ccc1/C=C/c1ccccc1. The Morgan fingerprint density at radius 1 is 0.522 bits per heavy atom. The molecule has 0 unspecified atom stereocenters. The minimum Gasteiger partial charge on any atom is -0.0890 e. The Bertz CT molecular complexity index is 815. The lowest BCUT2D eigenvalue weighted by Gasteiger charge is -2.03. The van der Waals surface area contributed by atoms with Gasteiger partial charge in [-0.1, -0.05) is 109 Å². The number of benzene rings is 3. The Hall–Kier alpha value is -2.80. The Kier molecular flexibility index (Phi) is 4.90. The molecule has 0 saturated carbocycles. The molecule has 3 aromatic carbocycles. The molecule has 3 rings (SSSR count). The first-order valence-electron chi connectivity index (χ1n) is 7.67. The summed E-state index contributed by atoms with van der Waals surface area (Å²) in [6, 6.07) is 26.6. The van der Waals surface area contributed by atoms with Crippen LogP contribution in [0.25, 0.3) is 24.3 Å². The zero-order chi connectivity index (χ0) is 15.9. The summed E-state index contributed by atoms with van der Waals surface area (Å²) in [5, 5.41) is 0. The molecule has 0 saturated heterocycles. The summed E-state index contributed by atoms with van der Waals surface area (Å²) >= 11 is 0. The molecule has 0 aliphatic heterocycles. The topological polar surface area (TPSA) is 0 Å². The summed E-state index contributed by atoms with van der Waals surface area (Å²) in [5.41, 5.74) is 5.26. The molecule has 0 N–H and O–H groups in total. The van der Waals surface area contributed by atoms with Gasteiger partial charge < -0.3 is 0 Å². The van der Waals surface area contributed by atoms with Crippen molar-refractivity contribution in [3.05, 3.63) is 101 Å². The fraction of sp³-hybridized carbons (Fsp3) is 0. The Balaban J connectivity index is 1.76. The van der Waals surface area contributed by atoms with Crippen LogP contribution in [-0.2, 0) is 0 Å². The Morgan fingerprint density at radius 3 is 1.61 bits per heavy atom. The van der Waals surface area contributed by atoms with E-state index in [0.717, 1.165) is 16.6 Å². The van der Waals surface area contributed by atoms with E-state index in [1.807, 2.05) is 42.5 Å². The third-order valence-electron chi connectivity index (χ3n) is 3.63. The van der Waals surface area contributed by atoms with Crippen molar-refractivity contribution in [2.45, 2.75) is 0 Å². The standard InChI is InChI=1S/C22H17B/c23-22-17-20(12-11-18-7-3-1-4-8-18)14-16-21(22)15-13-19-9-5-2-6-10-19/h1-17H/b12-11+,15-13+. The lowest BCUT2D eigenvalue weighted by Crippen LogP contribution is -2.06. The normalized spacial score (nSPS) is 11.3. The van der Waals surface area contributed by atoms with Crippen molar-refractivity contribution in [1.29, 1.82) is 0 Å². The van der Waals surface area contributed by atoms with Crippen LogP contribution in [-0.4, -0.2) is 7.85 Å². The molecule has 0 aliphatic rings. The molecule has 0 nitrogen and oxygen atoms in total. The monoisotopic (exact) mass is 292 g/mol. The molecule has 23 heavy (non-hydrogen) atoms. The summed E-state index contributed by atoms with van der Waals surface area (Å²) in [4.78, 5) is 0. The molecule has 0 heterocycles. The van der Waals surface area contributed by atoms with Crippen LogP contribution in [0.15, 0.2) is 78.9 Å². The molecule has 0 amide bonds. The highest BCUT2D eigenvalue weighted by molar-refractivity contribution is 6.34. The first-order valence-corrected chi connectivity index (χ1v) is 7.67. The molecule has 1 heteroatoms. The first kappa shape index (κ1) is 15.1. The van der Waals surface area contributed by atoms with E-state index in [1.54, 1.807) is 0 Å². The summed E-state index contributed by atoms with van der Waals surface area (Å²) < 4.78 is 0. The highest BCUT2D eigenvalue weighted by atomic mass is 14.0. The highest BCUT2D eigenvalue weighted by Gasteiger charge is 1.95. The third kappa shape index (κ3) is 4.34. The minimum atomic E-state index is 0.785. The van der Waals surface area contributed by atoms with Crippen molar-refractivity contribution < 1.29 is 0 Å². The second-order valence-electron chi connectivity index (χ2n) is 5.38. The second-order valence-corrected chi connectivity index (χ2v) is 5.38. The van der Waals surface area contributed by atoms with Crippen molar-refractivity contribution in [3.8, 4) is 0 Å². The molecule has 2 radical (unpaired) electrons. The molecular weight excluding hydrogens is 275 g/mol. The van der Waals surface area contributed by atoms with Crippen LogP contribution in [0, 0.1) is 0 Å². The summed E-state index contributed by atoms with van der Waals surface area (Å²) in [7, 11) is 6.17. The Morgan fingerprint density at radius 2 is 1.04 bits per heavy atom. The second kappa shape index (κ2) is 7.46. The molecule has 0 spiro atoms. The van der Waals surface area contributed by atoms with Gasteiger partial charge in [-0.3, -0.25) is 0 Å². The molecule has 108 valence electrons. The maximum atomic E-state index is 6.17. The van der Waals surface area contributed by atoms with E-state index < -0.39 is 0 Å². The van der Waals surface area contributed by atoms with Crippen LogP contribution in [0.4, 0.5) is 0 Å².